The summed E-state index contributed by atoms with van der Waals surface area (Å²) in [6, 6.07) is 0. The van der Waals surface area contributed by atoms with Gasteiger partial charge in [-0.25, -0.2) is 0 Å². The van der Waals surface area contributed by atoms with E-state index in [0.29, 0.717) is 11.8 Å². The van der Waals surface area contributed by atoms with Gasteiger partial charge in [0.2, 0.25) is 0 Å². The Kier molecular flexibility index (Phi) is 5.65. The highest BCUT2D eigenvalue weighted by Gasteiger charge is 2.23. The molecule has 0 fully saturated rings. The van der Waals surface area contributed by atoms with Crippen molar-refractivity contribution in [1.29, 1.82) is 0 Å². The number of hydrogen-bond acceptors (Lipinski definition) is 3. The molecule has 0 aromatic heterocycles. The van der Waals surface area contributed by atoms with E-state index in [-0.39, 0.29) is 5.41 Å². The molecular formula is C11H25N3O. The Labute approximate surface area is 93.1 Å². The molecule has 0 spiro atoms. The van der Waals surface area contributed by atoms with Gasteiger partial charge in [0, 0.05) is 12.0 Å². The highest BCUT2D eigenvalue weighted by molar-refractivity contribution is 5.85. The topological polar surface area (TPSA) is 61.8 Å². The van der Waals surface area contributed by atoms with E-state index in [1.54, 1.807) is 0 Å². The standard InChI is InChI=1S/C11H25N3O/c1-9(2)8-14(5)7-6-11(3,4)10(12)13-15/h9,15H,6-8H2,1-5H3,(H2,12,13). The highest BCUT2D eigenvalue weighted by atomic mass is 16.4. The second kappa shape index (κ2) is 5.95. The molecule has 3 N–H and O–H groups in total. The summed E-state index contributed by atoms with van der Waals surface area (Å²) in [7, 11) is 2.10. The maximum atomic E-state index is 8.63. The molecule has 90 valence electrons. The average molecular weight is 215 g/mol. The van der Waals surface area contributed by atoms with Gasteiger partial charge < -0.3 is 15.8 Å². The predicted molar refractivity (Wildman–Crippen MR) is 64.1 cm³/mol. The van der Waals surface area contributed by atoms with Gasteiger partial charge in [0.1, 0.15) is 5.84 Å². The molecule has 0 saturated heterocycles. The second-order valence-corrected chi connectivity index (χ2v) is 5.28. The van der Waals surface area contributed by atoms with Crippen LogP contribution >= 0.6 is 0 Å². The zero-order chi connectivity index (χ0) is 12.1. The van der Waals surface area contributed by atoms with Crippen LogP contribution in [0.25, 0.3) is 0 Å². The van der Waals surface area contributed by atoms with E-state index in [9.17, 15) is 0 Å². The first-order chi connectivity index (χ1) is 6.79. The summed E-state index contributed by atoms with van der Waals surface area (Å²) in [6.07, 6.45) is 0.895. The molecule has 0 atom stereocenters. The Hall–Kier alpha value is -0.770. The van der Waals surface area contributed by atoms with E-state index in [0.717, 1.165) is 19.5 Å². The molecule has 4 nitrogen and oxygen atoms in total. The van der Waals surface area contributed by atoms with Gasteiger partial charge in [-0.05, 0) is 25.9 Å². The molecule has 0 radical (unpaired) electrons. The smallest absolute Gasteiger partial charge is 0.144 e. The van der Waals surface area contributed by atoms with Gasteiger partial charge in [0.25, 0.3) is 0 Å². The van der Waals surface area contributed by atoms with Crippen molar-refractivity contribution >= 4 is 5.84 Å². The Bertz CT molecular complexity index is 212. The van der Waals surface area contributed by atoms with Gasteiger partial charge in [-0.3, -0.25) is 0 Å². The molecule has 0 aromatic rings. The van der Waals surface area contributed by atoms with Crippen LogP contribution in [0, 0.1) is 11.3 Å². The zero-order valence-electron chi connectivity index (χ0n) is 10.6. The summed E-state index contributed by atoms with van der Waals surface area (Å²) in [6.45, 7) is 10.4. The van der Waals surface area contributed by atoms with Crippen LogP contribution in [0.1, 0.15) is 34.1 Å². The first-order valence-corrected chi connectivity index (χ1v) is 5.46. The third-order valence-electron chi connectivity index (χ3n) is 2.60. The molecule has 0 saturated carbocycles. The van der Waals surface area contributed by atoms with Crippen molar-refractivity contribution in [1.82, 2.24) is 4.90 Å². The van der Waals surface area contributed by atoms with Crippen molar-refractivity contribution < 1.29 is 5.21 Å². The van der Waals surface area contributed by atoms with Gasteiger partial charge in [-0.1, -0.05) is 32.9 Å². The third-order valence-corrected chi connectivity index (χ3v) is 2.60. The molecule has 0 heterocycles. The lowest BCUT2D eigenvalue weighted by molar-refractivity contribution is 0.257. The summed E-state index contributed by atoms with van der Waals surface area (Å²) >= 11 is 0. The fraction of sp³-hybridized carbons (Fsp3) is 0.909. The Morgan fingerprint density at radius 2 is 2.00 bits per heavy atom. The normalized spacial score (nSPS) is 13.9. The van der Waals surface area contributed by atoms with Crippen LogP contribution < -0.4 is 5.73 Å². The SMILES string of the molecule is CC(C)CN(C)CCC(C)(C)C(N)=NO. The van der Waals surface area contributed by atoms with Gasteiger partial charge >= 0.3 is 0 Å². The van der Waals surface area contributed by atoms with E-state index < -0.39 is 0 Å². The van der Waals surface area contributed by atoms with Crippen LogP contribution in [0.15, 0.2) is 5.16 Å². The maximum Gasteiger partial charge on any atom is 0.144 e. The van der Waals surface area contributed by atoms with Crippen molar-refractivity contribution in [3.63, 3.8) is 0 Å². The molecule has 0 aromatic carbocycles. The highest BCUT2D eigenvalue weighted by Crippen LogP contribution is 2.20. The van der Waals surface area contributed by atoms with E-state index in [1.807, 2.05) is 13.8 Å². The molecular weight excluding hydrogens is 190 g/mol. The van der Waals surface area contributed by atoms with Crippen molar-refractivity contribution in [3.8, 4) is 0 Å². The van der Waals surface area contributed by atoms with E-state index in [4.69, 9.17) is 10.9 Å². The number of oxime groups is 1. The number of amidine groups is 1. The largest absolute Gasteiger partial charge is 0.409 e. The summed E-state index contributed by atoms with van der Waals surface area (Å²) in [5.41, 5.74) is 5.38. The lowest BCUT2D eigenvalue weighted by Crippen LogP contribution is -2.36. The molecule has 0 unspecified atom stereocenters. The van der Waals surface area contributed by atoms with Crippen molar-refractivity contribution in [2.75, 3.05) is 20.1 Å². The van der Waals surface area contributed by atoms with Crippen LogP contribution in [0.2, 0.25) is 0 Å². The molecule has 15 heavy (non-hydrogen) atoms. The molecule has 0 aliphatic heterocycles. The minimum absolute atomic E-state index is 0.236. The number of hydrogen-bond donors (Lipinski definition) is 2. The molecule has 0 bridgehead atoms. The number of nitrogens with zero attached hydrogens (tertiary/aromatic N) is 2. The predicted octanol–water partition coefficient (Wildman–Crippen LogP) is 1.74. The molecule has 0 aliphatic carbocycles. The Morgan fingerprint density at radius 3 is 2.40 bits per heavy atom. The molecule has 4 heteroatoms. The quantitative estimate of drug-likeness (QED) is 0.307. The fourth-order valence-electron chi connectivity index (χ4n) is 1.45. The van der Waals surface area contributed by atoms with Crippen LogP contribution in [-0.2, 0) is 0 Å². The van der Waals surface area contributed by atoms with E-state index >= 15 is 0 Å². The molecule has 0 aliphatic rings. The Morgan fingerprint density at radius 1 is 1.47 bits per heavy atom. The van der Waals surface area contributed by atoms with E-state index in [2.05, 4.69) is 31.0 Å². The first kappa shape index (κ1) is 14.2. The summed E-state index contributed by atoms with van der Waals surface area (Å²) in [4.78, 5) is 2.27. The minimum Gasteiger partial charge on any atom is -0.409 e. The van der Waals surface area contributed by atoms with Gasteiger partial charge in [0.15, 0.2) is 0 Å². The second-order valence-electron chi connectivity index (χ2n) is 5.28. The van der Waals surface area contributed by atoms with Crippen molar-refractivity contribution in [2.45, 2.75) is 34.1 Å². The zero-order valence-corrected chi connectivity index (χ0v) is 10.6. The van der Waals surface area contributed by atoms with Crippen LogP contribution in [0.3, 0.4) is 0 Å². The van der Waals surface area contributed by atoms with Crippen LogP contribution in [-0.4, -0.2) is 36.1 Å². The summed E-state index contributed by atoms with van der Waals surface area (Å²) in [5, 5.41) is 11.7. The fourth-order valence-corrected chi connectivity index (χ4v) is 1.45. The maximum absolute atomic E-state index is 8.63. The summed E-state index contributed by atoms with van der Waals surface area (Å²) < 4.78 is 0. The molecule has 0 amide bonds. The first-order valence-electron chi connectivity index (χ1n) is 5.46. The van der Waals surface area contributed by atoms with E-state index in [1.165, 1.54) is 0 Å². The number of rotatable bonds is 6. The lowest BCUT2D eigenvalue weighted by atomic mass is 9.88. The van der Waals surface area contributed by atoms with Gasteiger partial charge in [-0.2, -0.15) is 0 Å². The minimum atomic E-state index is -0.236. The summed E-state index contributed by atoms with van der Waals surface area (Å²) in [5.74, 6) is 0.974. The Balaban J connectivity index is 4.04. The van der Waals surface area contributed by atoms with Crippen molar-refractivity contribution in [3.05, 3.63) is 0 Å². The monoisotopic (exact) mass is 215 g/mol. The van der Waals surface area contributed by atoms with Crippen LogP contribution in [0.5, 0.6) is 0 Å². The third kappa shape index (κ3) is 5.62. The number of nitrogens with two attached hydrogens (primary N) is 1. The molecule has 0 rings (SSSR count). The van der Waals surface area contributed by atoms with Gasteiger partial charge in [-0.15, -0.1) is 0 Å². The van der Waals surface area contributed by atoms with Gasteiger partial charge in [0.05, 0.1) is 0 Å². The average Bonchev–Trinajstić information content (AvgIpc) is 2.12. The van der Waals surface area contributed by atoms with Crippen molar-refractivity contribution in [2.24, 2.45) is 22.2 Å². The van der Waals surface area contributed by atoms with Crippen LogP contribution in [0.4, 0.5) is 0 Å². The lowest BCUT2D eigenvalue weighted by Gasteiger charge is -2.26.